The van der Waals surface area contributed by atoms with Gasteiger partial charge in [-0.2, -0.15) is 26.3 Å². The summed E-state index contributed by atoms with van der Waals surface area (Å²) >= 11 is 0. The highest BCUT2D eigenvalue weighted by Crippen LogP contribution is 2.38. The molecule has 1 saturated heterocycles. The van der Waals surface area contributed by atoms with E-state index in [0.29, 0.717) is 29.7 Å². The number of benzene rings is 2. The van der Waals surface area contributed by atoms with Crippen molar-refractivity contribution in [1.82, 2.24) is 14.7 Å². The van der Waals surface area contributed by atoms with Crippen LogP contribution in [0.2, 0.25) is 0 Å². The Labute approximate surface area is 214 Å². The number of carbonyl (C=O) groups excluding carboxylic acids is 2. The van der Waals surface area contributed by atoms with Crippen LogP contribution in [0.3, 0.4) is 0 Å². The lowest BCUT2D eigenvalue weighted by Crippen LogP contribution is -2.52. The molecule has 0 bridgehead atoms. The topological polar surface area (TPSA) is 69.9 Å². The molecule has 0 radical (unpaired) electrons. The molecule has 13 heteroatoms. The lowest BCUT2D eigenvalue weighted by Gasteiger charge is -2.44. The molecule has 6 nitrogen and oxygen atoms in total. The second-order valence-corrected chi connectivity index (χ2v) is 9.39. The summed E-state index contributed by atoms with van der Waals surface area (Å²) in [7, 11) is 2.78. The third kappa shape index (κ3) is 6.48. The molecule has 0 aromatic heterocycles. The minimum Gasteiger partial charge on any atom is -0.351 e. The van der Waals surface area contributed by atoms with E-state index < -0.39 is 53.9 Å². The summed E-state index contributed by atoms with van der Waals surface area (Å²) in [6.07, 6.45) is -9.46. The first-order chi connectivity index (χ1) is 17.5. The van der Waals surface area contributed by atoms with E-state index in [0.717, 1.165) is 4.90 Å². The van der Waals surface area contributed by atoms with Crippen molar-refractivity contribution in [1.29, 1.82) is 0 Å². The number of nitrogens with two attached hydrogens (primary N) is 1. The van der Waals surface area contributed by atoms with Crippen LogP contribution >= 0.6 is 0 Å². The molecule has 1 aliphatic rings. The third-order valence-corrected chi connectivity index (χ3v) is 6.70. The summed E-state index contributed by atoms with van der Waals surface area (Å²) in [5.41, 5.74) is 3.23. The zero-order valence-electron chi connectivity index (χ0n) is 20.8. The highest BCUT2D eigenvalue weighted by atomic mass is 19.4. The first kappa shape index (κ1) is 29.1. The smallest absolute Gasteiger partial charge is 0.351 e. The number of aryl methyl sites for hydroxylation is 1. The summed E-state index contributed by atoms with van der Waals surface area (Å²) in [6, 6.07) is 2.86. The Bertz CT molecular complexity index is 1170. The van der Waals surface area contributed by atoms with Crippen LogP contribution in [0, 0.1) is 12.7 Å². The maximum atomic E-state index is 13.8. The summed E-state index contributed by atoms with van der Waals surface area (Å²) in [5.74, 6) is -0.493. The number of carbonyl (C=O) groups is 2. The van der Waals surface area contributed by atoms with Crippen LogP contribution in [0.25, 0.3) is 0 Å². The van der Waals surface area contributed by atoms with E-state index in [1.165, 1.54) is 42.1 Å². The fourth-order valence-electron chi connectivity index (χ4n) is 4.69. The molecule has 38 heavy (non-hydrogen) atoms. The van der Waals surface area contributed by atoms with Gasteiger partial charge in [0, 0.05) is 33.2 Å². The number of alkyl halides is 6. The monoisotopic (exact) mass is 548 g/mol. The molecule has 3 rings (SSSR count). The van der Waals surface area contributed by atoms with Gasteiger partial charge in [-0.05, 0) is 66.8 Å². The number of hydrogen-bond acceptors (Lipinski definition) is 2. The normalized spacial score (nSPS) is 18.3. The number of halogens is 7. The van der Waals surface area contributed by atoms with Crippen LogP contribution in [0.1, 0.15) is 46.7 Å². The van der Waals surface area contributed by atoms with E-state index in [9.17, 15) is 40.3 Å². The number of amides is 4. The molecule has 1 aliphatic heterocycles. The molecule has 1 fully saturated rings. The van der Waals surface area contributed by atoms with Gasteiger partial charge in [0.15, 0.2) is 0 Å². The van der Waals surface area contributed by atoms with E-state index in [-0.39, 0.29) is 30.6 Å². The van der Waals surface area contributed by atoms with E-state index in [1.54, 1.807) is 6.92 Å². The fraction of sp³-hybridized carbons (Fsp3) is 0.440. The van der Waals surface area contributed by atoms with Crippen molar-refractivity contribution < 1.29 is 40.3 Å². The number of likely N-dealkylation sites (tertiary alicyclic amines) is 1. The molecular formula is C25H27F7N4O2. The number of hydrogen-bond donors (Lipinski definition) is 1. The van der Waals surface area contributed by atoms with Crippen LogP contribution in [0.15, 0.2) is 36.4 Å². The molecule has 2 atom stereocenters. The molecule has 2 N–H and O–H groups in total. The largest absolute Gasteiger partial charge is 0.416 e. The van der Waals surface area contributed by atoms with Gasteiger partial charge < -0.3 is 20.4 Å². The first-order valence-corrected chi connectivity index (χ1v) is 11.6. The van der Waals surface area contributed by atoms with Crippen molar-refractivity contribution in [2.24, 2.45) is 5.73 Å². The van der Waals surface area contributed by atoms with Crippen molar-refractivity contribution in [2.45, 2.75) is 50.7 Å². The summed E-state index contributed by atoms with van der Waals surface area (Å²) in [4.78, 5) is 29.0. The Morgan fingerprint density at radius 1 is 1.00 bits per heavy atom. The quantitative estimate of drug-likeness (QED) is 0.481. The number of primary amides is 1. The molecule has 2 aromatic rings. The van der Waals surface area contributed by atoms with E-state index in [2.05, 4.69) is 0 Å². The molecule has 0 spiro atoms. The van der Waals surface area contributed by atoms with E-state index in [4.69, 9.17) is 5.73 Å². The van der Waals surface area contributed by atoms with Crippen LogP contribution in [0.4, 0.5) is 40.3 Å². The molecule has 2 aromatic carbocycles. The maximum absolute atomic E-state index is 13.8. The number of nitrogens with zero attached hydrogens (tertiary/aromatic N) is 3. The summed E-state index contributed by atoms with van der Waals surface area (Å²) in [5, 5.41) is 0. The Hall–Kier alpha value is -3.51. The minimum atomic E-state index is -5.02. The Balaban J connectivity index is 1.93. The van der Waals surface area contributed by atoms with Gasteiger partial charge in [0.2, 0.25) is 0 Å². The van der Waals surface area contributed by atoms with Crippen LogP contribution in [0.5, 0.6) is 0 Å². The number of rotatable bonds is 4. The zero-order chi connectivity index (χ0) is 28.6. The Morgan fingerprint density at radius 2 is 1.58 bits per heavy atom. The van der Waals surface area contributed by atoms with Gasteiger partial charge in [-0.3, -0.25) is 0 Å². The standard InChI is InChI=1S/C25H27F7N4O2/c1-14-8-18(26)4-5-20(14)21-12-19(35(3)22(33)37)6-7-36(21)23(38)34(2)13-15-9-16(24(27,28)29)11-17(10-15)25(30,31)32/h4-5,8-11,19,21H,6-7,12-13H2,1-3H3,(H2,33,37)/t19-,21-/m1/s1. The average Bonchev–Trinajstić information content (AvgIpc) is 2.81. The molecule has 0 unspecified atom stereocenters. The number of urea groups is 2. The van der Waals surface area contributed by atoms with Crippen LogP contribution in [-0.4, -0.2) is 53.4 Å². The maximum Gasteiger partial charge on any atom is 0.416 e. The van der Waals surface area contributed by atoms with Gasteiger partial charge in [-0.15, -0.1) is 0 Å². The lowest BCUT2D eigenvalue weighted by atomic mass is 9.89. The number of piperidine rings is 1. The van der Waals surface area contributed by atoms with E-state index in [1.807, 2.05) is 0 Å². The second kappa shape index (κ2) is 10.7. The Kier molecular flexibility index (Phi) is 8.18. The van der Waals surface area contributed by atoms with Gasteiger partial charge in [-0.1, -0.05) is 6.07 Å². The third-order valence-electron chi connectivity index (χ3n) is 6.70. The molecule has 208 valence electrons. The molecule has 1 heterocycles. The van der Waals surface area contributed by atoms with Crippen molar-refractivity contribution in [2.75, 3.05) is 20.6 Å². The molecular weight excluding hydrogens is 521 g/mol. The van der Waals surface area contributed by atoms with E-state index >= 15 is 0 Å². The van der Waals surface area contributed by atoms with Crippen molar-refractivity contribution >= 4 is 12.1 Å². The van der Waals surface area contributed by atoms with Crippen LogP contribution in [-0.2, 0) is 18.9 Å². The highest BCUT2D eigenvalue weighted by molar-refractivity contribution is 5.75. The average molecular weight is 549 g/mol. The van der Waals surface area contributed by atoms with Crippen molar-refractivity contribution in [3.63, 3.8) is 0 Å². The Morgan fingerprint density at radius 3 is 2.08 bits per heavy atom. The van der Waals surface area contributed by atoms with Gasteiger partial charge in [-0.25, -0.2) is 14.0 Å². The summed E-state index contributed by atoms with van der Waals surface area (Å²) < 4.78 is 93.4. The summed E-state index contributed by atoms with van der Waals surface area (Å²) in [6.45, 7) is 1.24. The van der Waals surface area contributed by atoms with Crippen molar-refractivity contribution in [3.05, 3.63) is 70.0 Å². The van der Waals surface area contributed by atoms with Gasteiger partial charge in [0.25, 0.3) is 0 Å². The predicted molar refractivity (Wildman–Crippen MR) is 124 cm³/mol. The first-order valence-electron chi connectivity index (χ1n) is 11.6. The van der Waals surface area contributed by atoms with Gasteiger partial charge in [0.1, 0.15) is 5.82 Å². The second-order valence-electron chi connectivity index (χ2n) is 9.39. The zero-order valence-corrected chi connectivity index (χ0v) is 20.8. The fourth-order valence-corrected chi connectivity index (χ4v) is 4.69. The van der Waals surface area contributed by atoms with Crippen molar-refractivity contribution in [3.8, 4) is 0 Å². The SMILES string of the molecule is Cc1cc(F)ccc1[C@H]1C[C@H](N(C)C(N)=O)CCN1C(=O)N(C)Cc1cc(C(F)(F)F)cc(C(F)(F)F)c1. The highest BCUT2D eigenvalue weighted by Gasteiger charge is 2.39. The molecule has 0 saturated carbocycles. The minimum absolute atomic E-state index is 0.0265. The lowest BCUT2D eigenvalue weighted by molar-refractivity contribution is -0.143. The van der Waals surface area contributed by atoms with Crippen LogP contribution < -0.4 is 5.73 Å². The van der Waals surface area contributed by atoms with Gasteiger partial charge in [0.05, 0.1) is 17.2 Å². The molecule has 4 amide bonds. The van der Waals surface area contributed by atoms with Gasteiger partial charge >= 0.3 is 24.4 Å². The molecule has 0 aliphatic carbocycles. The predicted octanol–water partition coefficient (Wildman–Crippen LogP) is 5.94.